The molecular weight excluding hydrogens is 321 g/mol. The second-order valence-corrected chi connectivity index (χ2v) is 7.75. The van der Waals surface area contributed by atoms with Crippen LogP contribution in [0.2, 0.25) is 0 Å². The van der Waals surface area contributed by atoms with E-state index in [0.29, 0.717) is 6.54 Å². The van der Waals surface area contributed by atoms with E-state index in [1.54, 1.807) is 0 Å². The third-order valence-corrected chi connectivity index (χ3v) is 6.37. The zero-order valence-corrected chi connectivity index (χ0v) is 12.7. The molecule has 18 heavy (non-hydrogen) atoms. The summed E-state index contributed by atoms with van der Waals surface area (Å²) in [6, 6.07) is 3.65. The van der Waals surface area contributed by atoms with Crippen LogP contribution in [-0.4, -0.2) is 24.8 Å². The first-order chi connectivity index (χ1) is 8.25. The third-order valence-electron chi connectivity index (χ3n) is 3.29. The van der Waals surface area contributed by atoms with Gasteiger partial charge in [0, 0.05) is 16.6 Å². The number of sulfonamides is 1. The summed E-state index contributed by atoms with van der Waals surface area (Å²) in [5.74, 6) is -0.457. The lowest BCUT2D eigenvalue weighted by molar-refractivity contribution is 0.291. The Hall–Kier alpha value is -0.460. The Morgan fingerprint density at radius 2 is 2.06 bits per heavy atom. The number of rotatable bonds is 2. The van der Waals surface area contributed by atoms with Gasteiger partial charge in [-0.1, -0.05) is 0 Å². The van der Waals surface area contributed by atoms with Crippen LogP contribution >= 0.6 is 15.9 Å². The van der Waals surface area contributed by atoms with Gasteiger partial charge >= 0.3 is 0 Å². The minimum atomic E-state index is -3.57. The fourth-order valence-electron chi connectivity index (χ4n) is 2.33. The third kappa shape index (κ3) is 2.33. The van der Waals surface area contributed by atoms with Crippen molar-refractivity contribution in [3.8, 4) is 0 Å². The van der Waals surface area contributed by atoms with Crippen molar-refractivity contribution in [2.75, 3.05) is 6.54 Å². The summed E-state index contributed by atoms with van der Waals surface area (Å²) in [5, 5.41) is 0. The number of hydrogen-bond acceptors (Lipinski definition) is 2. The average Bonchev–Trinajstić information content (AvgIpc) is 2.58. The number of benzene rings is 1. The number of halogens is 2. The highest BCUT2D eigenvalue weighted by Crippen LogP contribution is 2.36. The van der Waals surface area contributed by atoms with Gasteiger partial charge in [-0.15, -0.1) is 0 Å². The Balaban J connectivity index is 2.49. The molecular formula is C12H15BrFNO2S. The molecule has 1 aromatic carbocycles. The molecule has 1 saturated heterocycles. The van der Waals surface area contributed by atoms with Crippen molar-refractivity contribution in [3.05, 3.63) is 28.5 Å². The summed E-state index contributed by atoms with van der Waals surface area (Å²) in [6.07, 6.45) is 1.69. The van der Waals surface area contributed by atoms with E-state index in [4.69, 9.17) is 0 Å². The van der Waals surface area contributed by atoms with Crippen LogP contribution in [0.4, 0.5) is 4.39 Å². The summed E-state index contributed by atoms with van der Waals surface area (Å²) in [4.78, 5) is 0.124. The smallest absolute Gasteiger partial charge is 0.207 e. The fourth-order valence-corrected chi connectivity index (χ4v) is 5.19. The molecule has 0 N–H and O–H groups in total. The highest BCUT2D eigenvalue weighted by Gasteiger charge is 2.41. The fraction of sp³-hybridized carbons (Fsp3) is 0.500. The Bertz CT molecular complexity index is 571. The molecule has 6 heteroatoms. The van der Waals surface area contributed by atoms with Crippen LogP contribution in [0, 0.1) is 5.82 Å². The van der Waals surface area contributed by atoms with Crippen molar-refractivity contribution >= 4 is 26.0 Å². The molecule has 1 aromatic rings. The first-order valence-corrected chi connectivity index (χ1v) is 7.96. The molecule has 2 rings (SSSR count). The van der Waals surface area contributed by atoms with Crippen LogP contribution in [0.5, 0.6) is 0 Å². The molecule has 0 aliphatic carbocycles. The van der Waals surface area contributed by atoms with Crippen molar-refractivity contribution in [1.82, 2.24) is 4.31 Å². The summed E-state index contributed by atoms with van der Waals surface area (Å²) in [5.41, 5.74) is -0.382. The maximum atomic E-state index is 13.0. The van der Waals surface area contributed by atoms with Gasteiger partial charge in [0.1, 0.15) is 5.82 Å². The first-order valence-electron chi connectivity index (χ1n) is 5.73. The normalized spacial score (nSPS) is 20.2. The van der Waals surface area contributed by atoms with Gasteiger partial charge in [-0.2, -0.15) is 4.31 Å². The lowest BCUT2D eigenvalue weighted by Gasteiger charge is -2.30. The summed E-state index contributed by atoms with van der Waals surface area (Å²) < 4.78 is 39.9. The molecule has 0 unspecified atom stereocenters. The van der Waals surface area contributed by atoms with Gasteiger partial charge in [0.2, 0.25) is 10.0 Å². The van der Waals surface area contributed by atoms with Crippen LogP contribution < -0.4 is 0 Å². The van der Waals surface area contributed by atoms with Gasteiger partial charge in [-0.25, -0.2) is 12.8 Å². The Kier molecular flexibility index (Phi) is 3.55. The predicted molar refractivity (Wildman–Crippen MR) is 71.3 cm³/mol. The van der Waals surface area contributed by atoms with Crippen LogP contribution in [0.1, 0.15) is 26.7 Å². The Labute approximate surface area is 115 Å². The van der Waals surface area contributed by atoms with Gasteiger partial charge in [-0.05, 0) is 60.8 Å². The molecule has 3 nitrogen and oxygen atoms in total. The summed E-state index contributed by atoms with van der Waals surface area (Å²) in [6.45, 7) is 4.34. The molecule has 1 aliphatic rings. The second kappa shape index (κ2) is 4.58. The quantitative estimate of drug-likeness (QED) is 0.832. The van der Waals surface area contributed by atoms with Crippen LogP contribution in [-0.2, 0) is 10.0 Å². The molecule has 0 radical (unpaired) electrons. The van der Waals surface area contributed by atoms with E-state index in [0.717, 1.165) is 12.8 Å². The van der Waals surface area contributed by atoms with E-state index >= 15 is 0 Å². The number of nitrogens with zero attached hydrogens (tertiary/aromatic N) is 1. The zero-order chi connectivity index (χ0) is 13.6. The maximum Gasteiger partial charge on any atom is 0.244 e. The van der Waals surface area contributed by atoms with Crippen molar-refractivity contribution in [3.63, 3.8) is 0 Å². The molecule has 0 amide bonds. The summed E-state index contributed by atoms with van der Waals surface area (Å²) >= 11 is 3.12. The topological polar surface area (TPSA) is 37.4 Å². The minimum absolute atomic E-state index is 0.124. The first kappa shape index (κ1) is 14.0. The monoisotopic (exact) mass is 335 g/mol. The molecule has 0 spiro atoms. The molecule has 0 saturated carbocycles. The largest absolute Gasteiger partial charge is 0.244 e. The Morgan fingerprint density at radius 3 is 2.56 bits per heavy atom. The standard InChI is InChI=1S/C12H15BrFNO2S/c1-12(2)6-3-7-15(12)18(16,17)11-5-4-9(14)8-10(11)13/h4-5,8H,3,6-7H2,1-2H3. The van der Waals surface area contributed by atoms with Crippen LogP contribution in [0.3, 0.4) is 0 Å². The lowest BCUT2D eigenvalue weighted by atomic mass is 10.0. The lowest BCUT2D eigenvalue weighted by Crippen LogP contribution is -2.42. The molecule has 100 valence electrons. The SMILES string of the molecule is CC1(C)CCCN1S(=O)(=O)c1ccc(F)cc1Br. The molecule has 0 atom stereocenters. The van der Waals surface area contributed by atoms with Gasteiger partial charge in [0.05, 0.1) is 4.90 Å². The van der Waals surface area contributed by atoms with Crippen molar-refractivity contribution in [1.29, 1.82) is 0 Å². The molecule has 1 heterocycles. The molecule has 0 bridgehead atoms. The zero-order valence-electron chi connectivity index (χ0n) is 10.3. The predicted octanol–water partition coefficient (Wildman–Crippen LogP) is 3.15. The highest BCUT2D eigenvalue weighted by atomic mass is 79.9. The van der Waals surface area contributed by atoms with E-state index < -0.39 is 15.8 Å². The highest BCUT2D eigenvalue weighted by molar-refractivity contribution is 9.10. The molecule has 1 fully saturated rings. The van der Waals surface area contributed by atoms with Gasteiger partial charge in [-0.3, -0.25) is 0 Å². The van der Waals surface area contributed by atoms with E-state index in [-0.39, 0.29) is 14.9 Å². The maximum absolute atomic E-state index is 13.0. The van der Waals surface area contributed by atoms with Gasteiger partial charge in [0.25, 0.3) is 0 Å². The minimum Gasteiger partial charge on any atom is -0.207 e. The number of hydrogen-bond donors (Lipinski definition) is 0. The second-order valence-electron chi connectivity index (χ2n) is 5.07. The van der Waals surface area contributed by atoms with E-state index in [2.05, 4.69) is 15.9 Å². The summed E-state index contributed by atoms with van der Waals surface area (Å²) in [7, 11) is -3.57. The molecule has 1 aliphatic heterocycles. The van der Waals surface area contributed by atoms with Crippen molar-refractivity contribution in [2.24, 2.45) is 0 Å². The van der Waals surface area contributed by atoms with Crippen LogP contribution in [0.25, 0.3) is 0 Å². The Morgan fingerprint density at radius 1 is 1.39 bits per heavy atom. The van der Waals surface area contributed by atoms with Crippen molar-refractivity contribution < 1.29 is 12.8 Å². The van der Waals surface area contributed by atoms with Crippen LogP contribution in [0.15, 0.2) is 27.6 Å². The van der Waals surface area contributed by atoms with Gasteiger partial charge < -0.3 is 0 Å². The average molecular weight is 336 g/mol. The van der Waals surface area contributed by atoms with Crippen molar-refractivity contribution in [2.45, 2.75) is 37.1 Å². The molecule has 0 aromatic heterocycles. The van der Waals surface area contributed by atoms with E-state index in [1.807, 2.05) is 13.8 Å². The van der Waals surface area contributed by atoms with Gasteiger partial charge in [0.15, 0.2) is 0 Å². The van der Waals surface area contributed by atoms with E-state index in [1.165, 1.54) is 22.5 Å². The van der Waals surface area contributed by atoms with E-state index in [9.17, 15) is 12.8 Å².